The molecule has 0 aliphatic heterocycles. The van der Waals surface area contributed by atoms with Gasteiger partial charge in [-0.15, -0.1) is 6.58 Å². The first-order valence-electron chi connectivity index (χ1n) is 3.20. The molecule has 0 heterocycles. The molecule has 0 aromatic carbocycles. The average molecular weight is 140 g/mol. The molecule has 56 valence electrons. The van der Waals surface area contributed by atoms with Gasteiger partial charge in [-0.2, -0.15) is 0 Å². The van der Waals surface area contributed by atoms with E-state index < -0.39 is 0 Å². The zero-order chi connectivity index (χ0) is 7.98. The molecule has 0 amide bonds. The van der Waals surface area contributed by atoms with Gasteiger partial charge in [0.1, 0.15) is 0 Å². The van der Waals surface area contributed by atoms with Crippen molar-refractivity contribution in [3.05, 3.63) is 25.5 Å². The van der Waals surface area contributed by atoms with Crippen LogP contribution in [0.1, 0.15) is 13.3 Å². The highest BCUT2D eigenvalue weighted by atomic mass is 16.5. The maximum absolute atomic E-state index is 10.8. The van der Waals surface area contributed by atoms with Crippen LogP contribution in [0.4, 0.5) is 0 Å². The molecule has 0 fully saturated rings. The molecule has 2 heteroatoms. The third-order valence-electron chi connectivity index (χ3n) is 1.23. The fraction of sp³-hybridized carbons (Fsp3) is 0.375. The van der Waals surface area contributed by atoms with Crippen LogP contribution in [-0.4, -0.2) is 5.97 Å². The molecule has 10 heavy (non-hydrogen) atoms. The van der Waals surface area contributed by atoms with Crippen molar-refractivity contribution in [3.8, 4) is 0 Å². The van der Waals surface area contributed by atoms with Crippen LogP contribution >= 0.6 is 0 Å². The van der Waals surface area contributed by atoms with Crippen LogP contribution < -0.4 is 0 Å². The van der Waals surface area contributed by atoms with E-state index in [4.69, 9.17) is 0 Å². The van der Waals surface area contributed by atoms with Gasteiger partial charge in [-0.1, -0.05) is 19.6 Å². The van der Waals surface area contributed by atoms with Crippen LogP contribution in [0.15, 0.2) is 25.5 Å². The smallest absolute Gasteiger partial charge is 0.317 e. The van der Waals surface area contributed by atoms with Crippen molar-refractivity contribution >= 4 is 5.97 Å². The van der Waals surface area contributed by atoms with Gasteiger partial charge in [-0.05, 0) is 6.42 Å². The molecule has 0 N–H and O–H groups in total. The number of carbonyl (C=O) groups excluding carboxylic acids is 1. The maximum Gasteiger partial charge on any atom is 0.317 e. The molecule has 0 aromatic heterocycles. The van der Waals surface area contributed by atoms with Gasteiger partial charge in [-0.25, -0.2) is 0 Å². The quantitative estimate of drug-likeness (QED) is 0.338. The summed E-state index contributed by atoms with van der Waals surface area (Å²) < 4.78 is 4.54. The number of hydrogen-bond donors (Lipinski definition) is 0. The zero-order valence-corrected chi connectivity index (χ0v) is 6.17. The number of carbonyl (C=O) groups is 1. The lowest BCUT2D eigenvalue weighted by Gasteiger charge is -2.04. The zero-order valence-electron chi connectivity index (χ0n) is 6.17. The second kappa shape index (κ2) is 4.79. The minimum Gasteiger partial charge on any atom is -0.435 e. The summed E-state index contributed by atoms with van der Waals surface area (Å²) in [5, 5.41) is 0. The van der Waals surface area contributed by atoms with Gasteiger partial charge in [0.2, 0.25) is 0 Å². The minimum absolute atomic E-state index is 0.196. The Bertz CT molecular complexity index is 138. The number of esters is 1. The summed E-state index contributed by atoms with van der Waals surface area (Å²) in [6.45, 7) is 8.67. The molecular weight excluding hydrogens is 128 g/mol. The van der Waals surface area contributed by atoms with Gasteiger partial charge >= 0.3 is 5.97 Å². The Morgan fingerprint density at radius 2 is 2.30 bits per heavy atom. The van der Waals surface area contributed by atoms with Crippen LogP contribution in [-0.2, 0) is 9.53 Å². The molecule has 0 aliphatic rings. The topological polar surface area (TPSA) is 26.3 Å². The third kappa shape index (κ3) is 2.49. The fourth-order valence-corrected chi connectivity index (χ4v) is 0.599. The van der Waals surface area contributed by atoms with E-state index in [1.54, 1.807) is 6.08 Å². The third-order valence-corrected chi connectivity index (χ3v) is 1.23. The van der Waals surface area contributed by atoms with E-state index in [-0.39, 0.29) is 11.9 Å². The second-order valence-corrected chi connectivity index (χ2v) is 1.85. The summed E-state index contributed by atoms with van der Waals surface area (Å²) in [5.41, 5.74) is 0. The second-order valence-electron chi connectivity index (χ2n) is 1.85. The van der Waals surface area contributed by atoms with Gasteiger partial charge in [0.05, 0.1) is 12.2 Å². The largest absolute Gasteiger partial charge is 0.435 e. The van der Waals surface area contributed by atoms with Crippen molar-refractivity contribution in [2.45, 2.75) is 13.3 Å². The van der Waals surface area contributed by atoms with Crippen molar-refractivity contribution in [1.82, 2.24) is 0 Å². The summed E-state index contributed by atoms with van der Waals surface area (Å²) in [7, 11) is 0. The van der Waals surface area contributed by atoms with Crippen molar-refractivity contribution in [2.75, 3.05) is 0 Å². The highest BCUT2D eigenvalue weighted by molar-refractivity contribution is 5.74. The molecular formula is C8H12O2. The highest BCUT2D eigenvalue weighted by Gasteiger charge is 2.11. The summed E-state index contributed by atoms with van der Waals surface area (Å²) >= 11 is 0. The lowest BCUT2D eigenvalue weighted by molar-refractivity contribution is -0.141. The summed E-state index contributed by atoms with van der Waals surface area (Å²) in [4.78, 5) is 10.8. The van der Waals surface area contributed by atoms with E-state index in [0.717, 1.165) is 12.7 Å². The van der Waals surface area contributed by atoms with Crippen molar-refractivity contribution < 1.29 is 9.53 Å². The number of ether oxygens (including phenoxy) is 1. The molecule has 0 saturated heterocycles. The Kier molecular flexibility index (Phi) is 4.29. The Hall–Kier alpha value is -1.05. The van der Waals surface area contributed by atoms with Crippen LogP contribution in [0.2, 0.25) is 0 Å². The van der Waals surface area contributed by atoms with Gasteiger partial charge in [0, 0.05) is 0 Å². The Balaban J connectivity index is 3.87. The highest BCUT2D eigenvalue weighted by Crippen LogP contribution is 2.05. The van der Waals surface area contributed by atoms with E-state index in [2.05, 4.69) is 17.9 Å². The molecule has 1 unspecified atom stereocenters. The first-order valence-corrected chi connectivity index (χ1v) is 3.20. The van der Waals surface area contributed by atoms with Gasteiger partial charge in [-0.3, -0.25) is 4.79 Å². The molecule has 0 aliphatic carbocycles. The molecule has 0 spiro atoms. The van der Waals surface area contributed by atoms with E-state index in [9.17, 15) is 4.79 Å². The summed E-state index contributed by atoms with van der Waals surface area (Å²) in [6, 6.07) is 0. The van der Waals surface area contributed by atoms with Crippen molar-refractivity contribution in [2.24, 2.45) is 5.92 Å². The number of rotatable bonds is 4. The SMILES string of the molecule is C=COC(=O)C(C=C)CC. The number of hydrogen-bond acceptors (Lipinski definition) is 2. The average Bonchev–Trinajstić information content (AvgIpc) is 1.91. The lowest BCUT2D eigenvalue weighted by atomic mass is 10.1. The first-order chi connectivity index (χ1) is 4.76. The Labute approximate surface area is 61.2 Å². The molecule has 0 radical (unpaired) electrons. The molecule has 1 atom stereocenters. The van der Waals surface area contributed by atoms with E-state index in [1.807, 2.05) is 6.92 Å². The molecule has 0 rings (SSSR count). The summed E-state index contributed by atoms with van der Waals surface area (Å²) in [5.74, 6) is -0.481. The Morgan fingerprint density at radius 1 is 1.70 bits per heavy atom. The first kappa shape index (κ1) is 8.95. The van der Waals surface area contributed by atoms with Crippen LogP contribution in [0.5, 0.6) is 0 Å². The van der Waals surface area contributed by atoms with Crippen molar-refractivity contribution in [1.29, 1.82) is 0 Å². The van der Waals surface area contributed by atoms with E-state index in [1.165, 1.54) is 0 Å². The van der Waals surface area contributed by atoms with Gasteiger partial charge in [0.25, 0.3) is 0 Å². The Morgan fingerprint density at radius 3 is 2.60 bits per heavy atom. The van der Waals surface area contributed by atoms with E-state index in [0.29, 0.717) is 0 Å². The molecule has 0 saturated carbocycles. The lowest BCUT2D eigenvalue weighted by Crippen LogP contribution is -2.11. The standard InChI is InChI=1S/C8H12O2/c1-4-7(5-2)8(9)10-6-3/h4,6-7H,1,3,5H2,2H3. The molecule has 0 aromatic rings. The predicted octanol–water partition coefficient (Wildman–Crippen LogP) is 1.89. The van der Waals surface area contributed by atoms with E-state index >= 15 is 0 Å². The van der Waals surface area contributed by atoms with Gasteiger partial charge in [0.15, 0.2) is 0 Å². The monoisotopic (exact) mass is 140 g/mol. The van der Waals surface area contributed by atoms with Crippen LogP contribution in [0.25, 0.3) is 0 Å². The molecule has 0 bridgehead atoms. The predicted molar refractivity (Wildman–Crippen MR) is 40.3 cm³/mol. The maximum atomic E-state index is 10.8. The van der Waals surface area contributed by atoms with Gasteiger partial charge < -0.3 is 4.74 Å². The summed E-state index contributed by atoms with van der Waals surface area (Å²) in [6.07, 6.45) is 3.43. The molecule has 2 nitrogen and oxygen atoms in total. The van der Waals surface area contributed by atoms with Crippen LogP contribution in [0.3, 0.4) is 0 Å². The normalized spacial score (nSPS) is 11.7. The fourth-order valence-electron chi connectivity index (χ4n) is 0.599. The van der Waals surface area contributed by atoms with Crippen molar-refractivity contribution in [3.63, 3.8) is 0 Å². The van der Waals surface area contributed by atoms with Crippen LogP contribution in [0, 0.1) is 5.92 Å². The minimum atomic E-state index is -0.285.